The lowest BCUT2D eigenvalue weighted by Gasteiger charge is -2.31. The van der Waals surface area contributed by atoms with Crippen molar-refractivity contribution in [2.45, 2.75) is 23.7 Å². The van der Waals surface area contributed by atoms with Crippen molar-refractivity contribution in [1.29, 1.82) is 0 Å². The van der Waals surface area contributed by atoms with E-state index >= 15 is 0 Å². The van der Waals surface area contributed by atoms with Crippen molar-refractivity contribution in [3.63, 3.8) is 0 Å². The second-order valence-corrected chi connectivity index (χ2v) is 9.24. The Labute approximate surface area is 176 Å². The van der Waals surface area contributed by atoms with E-state index < -0.39 is 10.0 Å². The quantitative estimate of drug-likeness (QED) is 0.678. The van der Waals surface area contributed by atoms with Crippen LogP contribution in [-0.2, 0) is 10.0 Å². The summed E-state index contributed by atoms with van der Waals surface area (Å²) in [5, 5.41) is 2.80. The standard InChI is InChI=1S/C23H23N3O3S/c27-23(25-20-8-2-1-3-9-20)18-11-13-21(14-12-18)30(28,29)26-16-6-7-19(17-26)22-10-4-5-15-24-22/h1-5,8-15,19H,6-7,16-17H2,(H,25,27)/t19-/m0/s1. The van der Waals surface area contributed by atoms with Crippen LogP contribution in [0.15, 0.2) is 83.9 Å². The highest BCUT2D eigenvalue weighted by atomic mass is 32.2. The number of aromatic nitrogens is 1. The van der Waals surface area contributed by atoms with E-state index in [1.807, 2.05) is 36.4 Å². The molecule has 6 nitrogen and oxygen atoms in total. The molecule has 1 saturated heterocycles. The van der Waals surface area contributed by atoms with Gasteiger partial charge in [0.05, 0.1) is 4.90 Å². The molecule has 2 heterocycles. The van der Waals surface area contributed by atoms with Crippen molar-refractivity contribution in [1.82, 2.24) is 9.29 Å². The number of nitrogens with one attached hydrogen (secondary N) is 1. The molecule has 1 amide bonds. The molecule has 4 rings (SSSR count). The van der Waals surface area contributed by atoms with Crippen LogP contribution in [0.25, 0.3) is 0 Å². The van der Waals surface area contributed by atoms with Crippen LogP contribution in [0.4, 0.5) is 5.69 Å². The average molecular weight is 422 g/mol. The van der Waals surface area contributed by atoms with Gasteiger partial charge in [-0.3, -0.25) is 9.78 Å². The Bertz CT molecular complexity index is 1100. The van der Waals surface area contributed by atoms with Crippen molar-refractivity contribution >= 4 is 21.6 Å². The van der Waals surface area contributed by atoms with Crippen LogP contribution in [0.2, 0.25) is 0 Å². The molecule has 0 spiro atoms. The predicted octanol–water partition coefficient (Wildman–Crippen LogP) is 3.90. The Morgan fingerprint density at radius 1 is 0.967 bits per heavy atom. The number of piperidine rings is 1. The van der Waals surface area contributed by atoms with Gasteiger partial charge in [-0.15, -0.1) is 0 Å². The number of benzene rings is 2. The molecular weight excluding hydrogens is 398 g/mol. The number of pyridine rings is 1. The molecule has 1 N–H and O–H groups in total. The summed E-state index contributed by atoms with van der Waals surface area (Å²) in [6.07, 6.45) is 3.45. The highest BCUT2D eigenvalue weighted by Gasteiger charge is 2.31. The number of anilines is 1. The first kappa shape index (κ1) is 20.3. The van der Waals surface area contributed by atoms with Gasteiger partial charge in [-0.25, -0.2) is 8.42 Å². The first-order valence-corrected chi connectivity index (χ1v) is 11.4. The van der Waals surface area contributed by atoms with E-state index in [1.54, 1.807) is 30.5 Å². The molecule has 1 aromatic heterocycles. The molecule has 1 atom stereocenters. The van der Waals surface area contributed by atoms with Gasteiger partial charge in [-0.2, -0.15) is 4.31 Å². The molecule has 1 aliphatic rings. The Hall–Kier alpha value is -3.03. The van der Waals surface area contributed by atoms with Crippen LogP contribution in [0.1, 0.15) is 34.8 Å². The van der Waals surface area contributed by atoms with Gasteiger partial charge in [0, 0.05) is 42.1 Å². The summed E-state index contributed by atoms with van der Waals surface area (Å²) in [6.45, 7) is 0.900. The second-order valence-electron chi connectivity index (χ2n) is 7.30. The normalized spacial score (nSPS) is 17.4. The van der Waals surface area contributed by atoms with Gasteiger partial charge in [0.15, 0.2) is 0 Å². The number of sulfonamides is 1. The molecule has 30 heavy (non-hydrogen) atoms. The molecule has 0 saturated carbocycles. The molecule has 3 aromatic rings. The van der Waals surface area contributed by atoms with Crippen LogP contribution < -0.4 is 5.32 Å². The summed E-state index contributed by atoms with van der Waals surface area (Å²) in [4.78, 5) is 17.0. The molecule has 0 aliphatic carbocycles. The zero-order chi connectivity index (χ0) is 21.0. The van der Waals surface area contributed by atoms with Crippen LogP contribution in [0.5, 0.6) is 0 Å². The maximum Gasteiger partial charge on any atom is 0.255 e. The SMILES string of the molecule is O=C(Nc1ccccc1)c1ccc(S(=O)(=O)N2CCC[C@H](c3ccccn3)C2)cc1. The van der Waals surface area contributed by atoms with Crippen LogP contribution in [0.3, 0.4) is 0 Å². The van der Waals surface area contributed by atoms with E-state index in [9.17, 15) is 13.2 Å². The molecule has 1 aliphatic heterocycles. The average Bonchev–Trinajstić information content (AvgIpc) is 2.80. The summed E-state index contributed by atoms with van der Waals surface area (Å²) in [5.41, 5.74) is 2.02. The minimum atomic E-state index is -3.63. The smallest absolute Gasteiger partial charge is 0.255 e. The van der Waals surface area contributed by atoms with Gasteiger partial charge in [-0.05, 0) is 61.4 Å². The first-order chi connectivity index (χ1) is 14.5. The first-order valence-electron chi connectivity index (χ1n) is 9.91. The van der Waals surface area contributed by atoms with Crippen molar-refractivity contribution in [2.24, 2.45) is 0 Å². The lowest BCUT2D eigenvalue weighted by Crippen LogP contribution is -2.39. The number of hydrogen-bond acceptors (Lipinski definition) is 4. The maximum absolute atomic E-state index is 13.1. The Morgan fingerprint density at radius 3 is 2.40 bits per heavy atom. The van der Waals surface area contributed by atoms with Crippen molar-refractivity contribution in [3.05, 3.63) is 90.3 Å². The van der Waals surface area contributed by atoms with Gasteiger partial charge in [0.2, 0.25) is 10.0 Å². The molecule has 1 fully saturated rings. The zero-order valence-corrected chi connectivity index (χ0v) is 17.3. The third-order valence-corrected chi connectivity index (χ3v) is 7.16. The Morgan fingerprint density at radius 2 is 1.70 bits per heavy atom. The number of amides is 1. The van der Waals surface area contributed by atoms with Crippen molar-refractivity contribution in [2.75, 3.05) is 18.4 Å². The topological polar surface area (TPSA) is 79.4 Å². The minimum absolute atomic E-state index is 0.0886. The summed E-state index contributed by atoms with van der Waals surface area (Å²) in [6, 6.07) is 21.0. The van der Waals surface area contributed by atoms with E-state index in [1.165, 1.54) is 16.4 Å². The highest BCUT2D eigenvalue weighted by molar-refractivity contribution is 7.89. The predicted molar refractivity (Wildman–Crippen MR) is 116 cm³/mol. The van der Waals surface area contributed by atoms with Gasteiger partial charge >= 0.3 is 0 Å². The van der Waals surface area contributed by atoms with Gasteiger partial charge < -0.3 is 5.32 Å². The van der Waals surface area contributed by atoms with Gasteiger partial charge in [0.25, 0.3) is 5.91 Å². The van der Waals surface area contributed by atoms with E-state index in [2.05, 4.69) is 10.3 Å². The summed E-state index contributed by atoms with van der Waals surface area (Å²) in [5.74, 6) is -0.191. The van der Waals surface area contributed by atoms with Crippen LogP contribution in [0, 0.1) is 0 Å². The number of carbonyl (C=O) groups is 1. The van der Waals surface area contributed by atoms with E-state index in [4.69, 9.17) is 0 Å². The summed E-state index contributed by atoms with van der Waals surface area (Å²) in [7, 11) is -3.63. The van der Waals surface area contributed by atoms with Crippen LogP contribution >= 0.6 is 0 Å². The maximum atomic E-state index is 13.1. The van der Waals surface area contributed by atoms with E-state index in [0.717, 1.165) is 18.5 Å². The number of para-hydroxylation sites is 1. The van der Waals surface area contributed by atoms with E-state index in [-0.39, 0.29) is 16.7 Å². The molecule has 154 valence electrons. The van der Waals surface area contributed by atoms with Crippen molar-refractivity contribution in [3.8, 4) is 0 Å². The summed E-state index contributed by atoms with van der Waals surface area (Å²) < 4.78 is 27.8. The Balaban J connectivity index is 1.48. The minimum Gasteiger partial charge on any atom is -0.322 e. The lowest BCUT2D eigenvalue weighted by molar-refractivity contribution is 0.102. The number of nitrogens with zero attached hydrogens (tertiary/aromatic N) is 2. The van der Waals surface area contributed by atoms with Gasteiger partial charge in [0.1, 0.15) is 0 Å². The molecule has 0 unspecified atom stereocenters. The summed E-state index contributed by atoms with van der Waals surface area (Å²) >= 11 is 0. The van der Waals surface area contributed by atoms with Gasteiger partial charge in [-0.1, -0.05) is 24.3 Å². The zero-order valence-electron chi connectivity index (χ0n) is 16.4. The van der Waals surface area contributed by atoms with E-state index in [0.29, 0.717) is 24.3 Å². The molecule has 2 aromatic carbocycles. The molecule has 7 heteroatoms. The third kappa shape index (κ3) is 4.42. The van der Waals surface area contributed by atoms with Crippen molar-refractivity contribution < 1.29 is 13.2 Å². The fourth-order valence-electron chi connectivity index (χ4n) is 3.67. The van der Waals surface area contributed by atoms with Crippen LogP contribution in [-0.4, -0.2) is 36.7 Å². The lowest BCUT2D eigenvalue weighted by atomic mass is 9.96. The molecule has 0 bridgehead atoms. The number of rotatable bonds is 5. The fourth-order valence-corrected chi connectivity index (χ4v) is 5.20. The Kier molecular flexibility index (Phi) is 5.92. The molecular formula is C23H23N3O3S. The fraction of sp³-hybridized carbons (Fsp3) is 0.217. The molecule has 0 radical (unpaired) electrons. The third-order valence-electron chi connectivity index (χ3n) is 5.28. The highest BCUT2D eigenvalue weighted by Crippen LogP contribution is 2.29. The number of carbonyl (C=O) groups excluding carboxylic acids is 1. The number of hydrogen-bond donors (Lipinski definition) is 1. The second kappa shape index (κ2) is 8.77. The monoisotopic (exact) mass is 421 g/mol. The largest absolute Gasteiger partial charge is 0.322 e.